The molecule has 4 aliphatic rings. The Morgan fingerprint density at radius 3 is 2.46 bits per heavy atom. The molecular weight excluding hydrogens is 470 g/mol. The van der Waals surface area contributed by atoms with Crippen LogP contribution in [-0.4, -0.2) is 61.1 Å². The second kappa shape index (κ2) is 11.7. The van der Waals surface area contributed by atoms with Crippen molar-refractivity contribution in [2.24, 2.45) is 17.8 Å². The minimum absolute atomic E-state index is 0. The Hall–Kier alpha value is -1.44. The molecular formula is C30H51NO6. The highest BCUT2D eigenvalue weighted by atomic mass is 16.6. The molecule has 4 fully saturated rings. The Balaban J connectivity index is 0.00000400. The van der Waals surface area contributed by atoms with Crippen LogP contribution in [0.15, 0.2) is 11.6 Å². The summed E-state index contributed by atoms with van der Waals surface area (Å²) in [6.45, 7) is 11.4. The zero-order chi connectivity index (χ0) is 26.8. The van der Waals surface area contributed by atoms with Crippen LogP contribution in [0.3, 0.4) is 0 Å². The molecule has 3 unspecified atom stereocenters. The van der Waals surface area contributed by atoms with E-state index in [1.54, 1.807) is 7.11 Å². The molecule has 0 aromatic rings. The van der Waals surface area contributed by atoms with E-state index in [1.165, 1.54) is 5.57 Å². The second-order valence-corrected chi connectivity index (χ2v) is 12.8. The Labute approximate surface area is 224 Å². The van der Waals surface area contributed by atoms with Gasteiger partial charge >= 0.3 is 5.97 Å². The number of carbonyl (C=O) groups excluding carboxylic acids is 2. The molecule has 0 radical (unpaired) electrons. The highest BCUT2D eigenvalue weighted by molar-refractivity contribution is 5.76. The first-order valence-corrected chi connectivity index (χ1v) is 14.5. The van der Waals surface area contributed by atoms with Gasteiger partial charge in [0, 0.05) is 27.4 Å². The van der Waals surface area contributed by atoms with Gasteiger partial charge in [0.25, 0.3) is 0 Å². The Morgan fingerprint density at radius 1 is 1.16 bits per heavy atom. The van der Waals surface area contributed by atoms with Gasteiger partial charge in [-0.15, -0.1) is 0 Å². The molecule has 6 atom stereocenters. The van der Waals surface area contributed by atoms with Crippen LogP contribution in [0.4, 0.5) is 0 Å². The van der Waals surface area contributed by atoms with Crippen LogP contribution in [-0.2, 0) is 28.5 Å². The SMILES string of the molecule is COC1C(OC(=O)CC2CCC(NC(=O)CCC(C)C)CC2)CC[C@]2(CO2)C1[C@@]1(C)O[C@@H]1CC=C(C)C.[HH]. The van der Waals surface area contributed by atoms with Gasteiger partial charge in [0.05, 0.1) is 18.6 Å². The van der Waals surface area contributed by atoms with Crippen molar-refractivity contribution in [1.29, 1.82) is 0 Å². The summed E-state index contributed by atoms with van der Waals surface area (Å²) in [5.41, 5.74) is 0.749. The van der Waals surface area contributed by atoms with Crippen LogP contribution in [0.5, 0.6) is 0 Å². The molecule has 2 aliphatic carbocycles. The molecule has 212 valence electrons. The zero-order valence-electron chi connectivity index (χ0n) is 23.8. The molecule has 4 rings (SSSR count). The zero-order valence-corrected chi connectivity index (χ0v) is 23.8. The van der Waals surface area contributed by atoms with E-state index in [9.17, 15) is 9.59 Å². The highest BCUT2D eigenvalue weighted by Crippen LogP contribution is 2.59. The molecule has 2 saturated carbocycles. The number of hydrogen-bond donors (Lipinski definition) is 1. The fraction of sp³-hybridized carbons (Fsp3) is 0.867. The van der Waals surface area contributed by atoms with Crippen molar-refractivity contribution in [3.8, 4) is 0 Å². The predicted molar refractivity (Wildman–Crippen MR) is 144 cm³/mol. The van der Waals surface area contributed by atoms with Crippen molar-refractivity contribution in [2.75, 3.05) is 13.7 Å². The molecule has 7 nitrogen and oxygen atoms in total. The van der Waals surface area contributed by atoms with Gasteiger partial charge in [0.15, 0.2) is 0 Å². The molecule has 1 N–H and O–H groups in total. The maximum Gasteiger partial charge on any atom is 0.306 e. The van der Waals surface area contributed by atoms with Crippen LogP contribution in [0.1, 0.15) is 100 Å². The molecule has 2 heterocycles. The van der Waals surface area contributed by atoms with Gasteiger partial charge < -0.3 is 24.3 Å². The topological polar surface area (TPSA) is 89.7 Å². The van der Waals surface area contributed by atoms with E-state index < -0.39 is 0 Å². The van der Waals surface area contributed by atoms with E-state index in [2.05, 4.69) is 46.0 Å². The number of rotatable bonds is 11. The largest absolute Gasteiger partial charge is 0.460 e. The monoisotopic (exact) mass is 521 g/mol. The van der Waals surface area contributed by atoms with E-state index in [4.69, 9.17) is 18.9 Å². The summed E-state index contributed by atoms with van der Waals surface area (Å²) >= 11 is 0. The van der Waals surface area contributed by atoms with Crippen molar-refractivity contribution in [1.82, 2.24) is 5.32 Å². The van der Waals surface area contributed by atoms with Crippen molar-refractivity contribution >= 4 is 11.9 Å². The lowest BCUT2D eigenvalue weighted by molar-refractivity contribution is -0.173. The maximum absolute atomic E-state index is 13.0. The van der Waals surface area contributed by atoms with Gasteiger partial charge in [-0.3, -0.25) is 9.59 Å². The van der Waals surface area contributed by atoms with Gasteiger partial charge in [-0.2, -0.15) is 0 Å². The summed E-state index contributed by atoms with van der Waals surface area (Å²) in [6.07, 6.45) is 10.1. The van der Waals surface area contributed by atoms with Gasteiger partial charge in [-0.05, 0) is 84.0 Å². The molecule has 0 aromatic heterocycles. The van der Waals surface area contributed by atoms with Crippen LogP contribution in [0.25, 0.3) is 0 Å². The number of allylic oxidation sites excluding steroid dienone is 1. The van der Waals surface area contributed by atoms with E-state index in [1.807, 2.05) is 0 Å². The third kappa shape index (κ3) is 6.96. The first-order valence-electron chi connectivity index (χ1n) is 14.5. The summed E-state index contributed by atoms with van der Waals surface area (Å²) in [4.78, 5) is 25.2. The normalized spacial score (nSPS) is 38.8. The molecule has 1 spiro atoms. The molecule has 0 bridgehead atoms. The highest BCUT2D eigenvalue weighted by Gasteiger charge is 2.72. The number of nitrogens with one attached hydrogen (secondary N) is 1. The number of ether oxygens (including phenoxy) is 4. The Kier molecular flexibility index (Phi) is 9.07. The molecule has 0 aromatic carbocycles. The molecule has 1 amide bonds. The first-order chi connectivity index (χ1) is 17.6. The summed E-state index contributed by atoms with van der Waals surface area (Å²) in [5.74, 6) is 0.915. The van der Waals surface area contributed by atoms with Crippen molar-refractivity contribution < 1.29 is 30.0 Å². The average molecular weight is 522 g/mol. The Morgan fingerprint density at radius 2 is 1.86 bits per heavy atom. The molecule has 2 saturated heterocycles. The predicted octanol–water partition coefficient (Wildman–Crippen LogP) is 5.35. The number of esters is 1. The van der Waals surface area contributed by atoms with E-state index >= 15 is 0 Å². The van der Waals surface area contributed by atoms with Gasteiger partial charge in [-0.25, -0.2) is 0 Å². The number of carbonyl (C=O) groups is 2. The van der Waals surface area contributed by atoms with E-state index in [0.29, 0.717) is 24.7 Å². The lowest BCUT2D eigenvalue weighted by Crippen LogP contribution is -2.55. The number of amides is 1. The third-order valence-electron chi connectivity index (χ3n) is 9.14. The van der Waals surface area contributed by atoms with Gasteiger partial charge in [0.1, 0.15) is 23.4 Å². The standard InChI is InChI=1S/C30H49NO6.H2/c1-19(2)7-13-24-29(5,37-24)28-27(34-6)23(15-16-30(28)18-35-30)36-26(33)17-21-9-11-22(12-10-21)31-25(32)14-8-20(3)4;/h7,20-24,27-28H,8-18H2,1-6H3,(H,31,32);1H/t21?,22?,23?,24-,27?,28?,29+,30+;/m1./s1. The fourth-order valence-electron chi connectivity index (χ4n) is 6.75. The molecule has 2 aliphatic heterocycles. The molecule has 7 heteroatoms. The van der Waals surface area contributed by atoms with Gasteiger partial charge in [0.2, 0.25) is 5.91 Å². The second-order valence-electron chi connectivity index (χ2n) is 12.8. The molecule has 37 heavy (non-hydrogen) atoms. The van der Waals surface area contributed by atoms with E-state index in [0.717, 1.165) is 58.0 Å². The maximum atomic E-state index is 13.0. The van der Waals surface area contributed by atoms with Crippen molar-refractivity contribution in [2.45, 2.75) is 134 Å². The van der Waals surface area contributed by atoms with Gasteiger partial charge in [-0.1, -0.05) is 25.5 Å². The summed E-state index contributed by atoms with van der Waals surface area (Å²) in [6, 6.07) is 0.234. The van der Waals surface area contributed by atoms with E-state index in [-0.39, 0.29) is 54.8 Å². The smallest absolute Gasteiger partial charge is 0.306 e. The minimum Gasteiger partial charge on any atom is -0.460 e. The lowest BCUT2D eigenvalue weighted by atomic mass is 9.68. The third-order valence-corrected chi connectivity index (χ3v) is 9.14. The fourth-order valence-corrected chi connectivity index (χ4v) is 6.75. The van der Waals surface area contributed by atoms with Crippen LogP contribution < -0.4 is 5.32 Å². The van der Waals surface area contributed by atoms with Crippen LogP contribution in [0.2, 0.25) is 0 Å². The lowest BCUT2D eigenvalue weighted by Gasteiger charge is -2.42. The Bertz CT molecular complexity index is 846. The van der Waals surface area contributed by atoms with Crippen molar-refractivity contribution in [3.63, 3.8) is 0 Å². The quantitative estimate of drug-likeness (QED) is 0.224. The number of epoxide rings is 2. The summed E-state index contributed by atoms with van der Waals surface area (Å²) < 4.78 is 24.4. The van der Waals surface area contributed by atoms with Crippen LogP contribution >= 0.6 is 0 Å². The van der Waals surface area contributed by atoms with Crippen LogP contribution in [0, 0.1) is 17.8 Å². The summed E-state index contributed by atoms with van der Waals surface area (Å²) in [7, 11) is 1.72. The average Bonchev–Trinajstić information content (AvgIpc) is 3.76. The minimum atomic E-state index is -0.327. The van der Waals surface area contributed by atoms with Crippen molar-refractivity contribution in [3.05, 3.63) is 11.6 Å². The first kappa shape index (κ1) is 28.6. The number of methoxy groups -OCH3 is 1. The summed E-state index contributed by atoms with van der Waals surface area (Å²) in [5, 5.41) is 3.19. The number of hydrogen-bond acceptors (Lipinski definition) is 6.